The Kier molecular flexibility index (Phi) is 6.02. The van der Waals surface area contributed by atoms with Crippen molar-refractivity contribution in [3.63, 3.8) is 0 Å². The van der Waals surface area contributed by atoms with Gasteiger partial charge in [0.25, 0.3) is 5.91 Å². The summed E-state index contributed by atoms with van der Waals surface area (Å²) >= 11 is 0. The van der Waals surface area contributed by atoms with Crippen LogP contribution in [0, 0.1) is 0 Å². The first kappa shape index (κ1) is 19.6. The SMILES string of the molecule is CCC1(CC)NC(=O)N(Cc2nc(C3CNCCN3C)no2)C1=O.Cl. The smallest absolute Gasteiger partial charge is 0.325 e. The molecule has 2 aliphatic heterocycles. The average molecular weight is 373 g/mol. The number of nitrogens with one attached hydrogen (secondary N) is 2. The first-order valence-corrected chi connectivity index (χ1v) is 8.38. The molecule has 1 unspecified atom stereocenters. The average Bonchev–Trinajstić information content (AvgIpc) is 3.14. The topological polar surface area (TPSA) is 104 Å². The second kappa shape index (κ2) is 7.67. The fraction of sp³-hybridized carbons (Fsp3) is 0.733. The maximum absolute atomic E-state index is 12.6. The van der Waals surface area contributed by atoms with Crippen molar-refractivity contribution in [2.45, 2.75) is 44.8 Å². The minimum absolute atomic E-state index is 0. The minimum Gasteiger partial charge on any atom is -0.337 e. The van der Waals surface area contributed by atoms with Crippen molar-refractivity contribution in [1.29, 1.82) is 0 Å². The van der Waals surface area contributed by atoms with Crippen LogP contribution in [0.3, 0.4) is 0 Å². The molecule has 1 atom stereocenters. The molecule has 2 saturated heterocycles. The van der Waals surface area contributed by atoms with Gasteiger partial charge in [-0.2, -0.15) is 4.98 Å². The fourth-order valence-corrected chi connectivity index (χ4v) is 3.25. The second-order valence-corrected chi connectivity index (χ2v) is 6.36. The summed E-state index contributed by atoms with van der Waals surface area (Å²) in [7, 11) is 2.01. The van der Waals surface area contributed by atoms with E-state index in [-0.39, 0.29) is 36.8 Å². The number of imide groups is 1. The summed E-state index contributed by atoms with van der Waals surface area (Å²) in [5.74, 6) is 0.619. The second-order valence-electron chi connectivity index (χ2n) is 6.36. The number of hydrogen-bond acceptors (Lipinski definition) is 7. The lowest BCUT2D eigenvalue weighted by Crippen LogP contribution is -2.45. The van der Waals surface area contributed by atoms with Crippen LogP contribution in [0.5, 0.6) is 0 Å². The van der Waals surface area contributed by atoms with Crippen LogP contribution in [0.15, 0.2) is 4.52 Å². The quantitative estimate of drug-likeness (QED) is 0.732. The Morgan fingerprint density at radius 2 is 2.04 bits per heavy atom. The van der Waals surface area contributed by atoms with E-state index in [0.717, 1.165) is 24.5 Å². The molecule has 0 aromatic carbocycles. The van der Waals surface area contributed by atoms with E-state index in [0.29, 0.717) is 18.7 Å². The molecular weight excluding hydrogens is 348 g/mol. The molecule has 3 amide bonds. The molecular formula is C15H25ClN6O3. The molecule has 1 aromatic heterocycles. The van der Waals surface area contributed by atoms with Gasteiger partial charge in [0.05, 0.1) is 6.04 Å². The lowest BCUT2D eigenvalue weighted by Gasteiger charge is -2.30. The van der Waals surface area contributed by atoms with E-state index in [1.54, 1.807) is 0 Å². The summed E-state index contributed by atoms with van der Waals surface area (Å²) in [6.45, 7) is 6.35. The number of carbonyl (C=O) groups excluding carboxylic acids is 2. The summed E-state index contributed by atoms with van der Waals surface area (Å²) in [6, 6.07) is -0.371. The van der Waals surface area contributed by atoms with Crippen molar-refractivity contribution >= 4 is 24.3 Å². The molecule has 2 fully saturated rings. The number of aromatic nitrogens is 2. The highest BCUT2D eigenvalue weighted by atomic mass is 35.5. The Morgan fingerprint density at radius 3 is 2.64 bits per heavy atom. The lowest BCUT2D eigenvalue weighted by molar-refractivity contribution is -0.132. The van der Waals surface area contributed by atoms with Crippen LogP contribution in [-0.4, -0.2) is 64.1 Å². The zero-order valence-electron chi connectivity index (χ0n) is 14.7. The van der Waals surface area contributed by atoms with Crippen LogP contribution in [0.2, 0.25) is 0 Å². The van der Waals surface area contributed by atoms with Crippen molar-refractivity contribution in [1.82, 2.24) is 30.6 Å². The highest BCUT2D eigenvalue weighted by Crippen LogP contribution is 2.26. The summed E-state index contributed by atoms with van der Waals surface area (Å²) in [5, 5.41) is 10.1. The van der Waals surface area contributed by atoms with Gasteiger partial charge in [0.15, 0.2) is 5.82 Å². The van der Waals surface area contributed by atoms with Crippen molar-refractivity contribution < 1.29 is 14.1 Å². The number of carbonyl (C=O) groups is 2. The Balaban J connectivity index is 0.00000225. The van der Waals surface area contributed by atoms with Gasteiger partial charge in [0.2, 0.25) is 5.89 Å². The Morgan fingerprint density at radius 1 is 1.32 bits per heavy atom. The van der Waals surface area contributed by atoms with E-state index in [4.69, 9.17) is 4.52 Å². The van der Waals surface area contributed by atoms with Gasteiger partial charge in [-0.1, -0.05) is 19.0 Å². The van der Waals surface area contributed by atoms with Gasteiger partial charge >= 0.3 is 6.03 Å². The van der Waals surface area contributed by atoms with Crippen LogP contribution < -0.4 is 10.6 Å². The number of nitrogens with zero attached hydrogens (tertiary/aromatic N) is 4. The summed E-state index contributed by atoms with van der Waals surface area (Å²) in [4.78, 5) is 32.5. The van der Waals surface area contributed by atoms with E-state index in [1.165, 1.54) is 0 Å². The molecule has 3 heterocycles. The van der Waals surface area contributed by atoms with Gasteiger partial charge in [-0.3, -0.25) is 14.6 Å². The van der Waals surface area contributed by atoms with Gasteiger partial charge in [-0.25, -0.2) is 4.79 Å². The highest BCUT2D eigenvalue weighted by Gasteiger charge is 2.49. The van der Waals surface area contributed by atoms with Crippen molar-refractivity contribution in [3.05, 3.63) is 11.7 Å². The zero-order chi connectivity index (χ0) is 17.3. The lowest BCUT2D eigenvalue weighted by atomic mass is 9.93. The van der Waals surface area contributed by atoms with Crippen LogP contribution in [0.1, 0.15) is 44.4 Å². The first-order chi connectivity index (χ1) is 11.5. The number of hydrogen-bond donors (Lipinski definition) is 2. The molecule has 9 nitrogen and oxygen atoms in total. The van der Waals surface area contributed by atoms with Gasteiger partial charge < -0.3 is 15.2 Å². The maximum atomic E-state index is 12.6. The Labute approximate surface area is 152 Å². The third-order valence-electron chi connectivity index (χ3n) is 5.04. The molecule has 0 aliphatic carbocycles. The van der Waals surface area contributed by atoms with Gasteiger partial charge in [-0.05, 0) is 19.9 Å². The minimum atomic E-state index is -0.812. The van der Waals surface area contributed by atoms with E-state index < -0.39 is 11.6 Å². The first-order valence-electron chi connectivity index (χ1n) is 8.38. The molecule has 1 aromatic rings. The fourth-order valence-electron chi connectivity index (χ4n) is 3.25. The van der Waals surface area contributed by atoms with Crippen molar-refractivity contribution in [2.75, 3.05) is 26.7 Å². The predicted octanol–water partition coefficient (Wildman–Crippen LogP) is 0.678. The maximum Gasteiger partial charge on any atom is 0.325 e. The molecule has 0 radical (unpaired) electrons. The third-order valence-corrected chi connectivity index (χ3v) is 5.04. The molecule has 25 heavy (non-hydrogen) atoms. The van der Waals surface area contributed by atoms with E-state index >= 15 is 0 Å². The molecule has 0 bridgehead atoms. The van der Waals surface area contributed by atoms with E-state index in [9.17, 15) is 9.59 Å². The number of amides is 3. The normalized spacial score (nSPS) is 23.5. The van der Waals surface area contributed by atoms with Crippen LogP contribution >= 0.6 is 12.4 Å². The van der Waals surface area contributed by atoms with Crippen LogP contribution in [-0.2, 0) is 11.3 Å². The van der Waals surface area contributed by atoms with Gasteiger partial charge in [0, 0.05) is 19.6 Å². The number of piperazine rings is 1. The molecule has 0 saturated carbocycles. The van der Waals surface area contributed by atoms with Crippen molar-refractivity contribution in [3.8, 4) is 0 Å². The van der Waals surface area contributed by atoms with Crippen molar-refractivity contribution in [2.24, 2.45) is 0 Å². The van der Waals surface area contributed by atoms with Gasteiger partial charge in [-0.15, -0.1) is 12.4 Å². The largest absolute Gasteiger partial charge is 0.337 e. The summed E-state index contributed by atoms with van der Waals surface area (Å²) in [5.41, 5.74) is -0.812. The zero-order valence-corrected chi connectivity index (χ0v) is 15.6. The van der Waals surface area contributed by atoms with Crippen LogP contribution in [0.4, 0.5) is 4.79 Å². The molecule has 2 N–H and O–H groups in total. The Hall–Kier alpha value is -1.71. The molecule has 3 rings (SSSR count). The number of urea groups is 1. The summed E-state index contributed by atoms with van der Waals surface area (Å²) < 4.78 is 5.27. The van der Waals surface area contributed by atoms with Gasteiger partial charge in [0.1, 0.15) is 12.1 Å². The number of likely N-dealkylation sites (N-methyl/N-ethyl adjacent to an activating group) is 1. The Bertz CT molecular complexity index is 633. The highest BCUT2D eigenvalue weighted by molar-refractivity contribution is 6.06. The van der Waals surface area contributed by atoms with E-state index in [2.05, 4.69) is 25.7 Å². The van der Waals surface area contributed by atoms with Crippen LogP contribution in [0.25, 0.3) is 0 Å². The monoisotopic (exact) mass is 372 g/mol. The standard InChI is InChI=1S/C15H24N6O3.ClH/c1-4-15(5-2)13(22)21(14(23)18-15)9-11-17-12(19-24-11)10-8-16-6-7-20(10)3;/h10,16H,4-9H2,1-3H3,(H,18,23);1H. The summed E-state index contributed by atoms with van der Waals surface area (Å²) in [6.07, 6.45) is 1.11. The van der Waals surface area contributed by atoms with E-state index in [1.807, 2.05) is 20.9 Å². The predicted molar refractivity (Wildman–Crippen MR) is 92.2 cm³/mol. The molecule has 140 valence electrons. The molecule has 2 aliphatic rings. The number of halogens is 1. The third kappa shape index (κ3) is 3.49. The number of rotatable bonds is 5. The molecule has 10 heteroatoms. The molecule has 0 spiro atoms.